The van der Waals surface area contributed by atoms with Gasteiger partial charge in [-0.25, -0.2) is 0 Å². The number of hydrogen-bond donors (Lipinski definition) is 1. The first-order valence-corrected chi connectivity index (χ1v) is 5.30. The van der Waals surface area contributed by atoms with Crippen molar-refractivity contribution in [3.8, 4) is 0 Å². The molecule has 0 saturated carbocycles. The second kappa shape index (κ2) is 4.86. The Labute approximate surface area is 94.5 Å². The van der Waals surface area contributed by atoms with Crippen molar-refractivity contribution < 1.29 is 4.79 Å². The van der Waals surface area contributed by atoms with Crippen LogP contribution in [0, 0.1) is 0 Å². The lowest BCUT2D eigenvalue weighted by Gasteiger charge is -2.08. The topological polar surface area (TPSA) is 42.0 Å². The van der Waals surface area contributed by atoms with Gasteiger partial charge in [-0.3, -0.25) is 4.98 Å². The molecule has 1 aromatic carbocycles. The Bertz CT molecular complexity index is 496. The molecule has 0 spiro atoms. The first kappa shape index (κ1) is 10.8. The molecule has 1 atom stereocenters. The summed E-state index contributed by atoms with van der Waals surface area (Å²) in [6.45, 7) is 0. The zero-order valence-corrected chi connectivity index (χ0v) is 9.18. The number of carbonyl (C=O) groups is 1. The molecule has 0 aliphatic heterocycles. The lowest BCUT2D eigenvalue weighted by atomic mass is 10.1. The summed E-state index contributed by atoms with van der Waals surface area (Å²) in [6, 6.07) is 11.8. The minimum Gasteiger partial charge on any atom is -0.310 e. The maximum atomic E-state index is 10.7. The van der Waals surface area contributed by atoms with E-state index in [0.29, 0.717) is 6.42 Å². The van der Waals surface area contributed by atoms with Crippen LogP contribution >= 0.6 is 0 Å². The Morgan fingerprint density at radius 3 is 2.88 bits per heavy atom. The molecule has 0 aliphatic rings. The number of fused-ring (bicyclic) bond motifs is 1. The smallest absolute Gasteiger partial charge is 0.137 e. The minimum atomic E-state index is -0.159. The summed E-state index contributed by atoms with van der Waals surface area (Å²) in [5.41, 5.74) is 1.91. The fourth-order valence-electron chi connectivity index (χ4n) is 1.67. The van der Waals surface area contributed by atoms with Gasteiger partial charge in [0, 0.05) is 17.5 Å². The number of para-hydroxylation sites is 1. The van der Waals surface area contributed by atoms with Gasteiger partial charge >= 0.3 is 0 Å². The van der Waals surface area contributed by atoms with Crippen molar-refractivity contribution in [2.45, 2.75) is 12.5 Å². The van der Waals surface area contributed by atoms with Crippen LogP contribution in [0.3, 0.4) is 0 Å². The van der Waals surface area contributed by atoms with Gasteiger partial charge in [-0.05, 0) is 19.2 Å². The number of nitrogens with one attached hydrogen (secondary N) is 1. The first-order valence-electron chi connectivity index (χ1n) is 5.30. The summed E-state index contributed by atoms with van der Waals surface area (Å²) >= 11 is 0. The van der Waals surface area contributed by atoms with E-state index in [1.165, 1.54) is 0 Å². The molecule has 2 aromatic rings. The molecule has 0 bridgehead atoms. The third-order valence-electron chi connectivity index (χ3n) is 2.62. The highest BCUT2D eigenvalue weighted by molar-refractivity contribution is 5.78. The molecule has 0 unspecified atom stereocenters. The van der Waals surface area contributed by atoms with Crippen molar-refractivity contribution in [1.29, 1.82) is 0 Å². The summed E-state index contributed by atoms with van der Waals surface area (Å²) < 4.78 is 0. The molecule has 3 heteroatoms. The lowest BCUT2D eigenvalue weighted by Crippen LogP contribution is -2.29. The van der Waals surface area contributed by atoms with E-state index in [9.17, 15) is 4.79 Å². The second-order valence-electron chi connectivity index (χ2n) is 3.73. The molecule has 0 aliphatic carbocycles. The summed E-state index contributed by atoms with van der Waals surface area (Å²) in [5, 5.41) is 4.06. The predicted octanol–water partition coefficient (Wildman–Crippen LogP) is 1.56. The Hall–Kier alpha value is -1.74. The fraction of sp³-hybridized carbons (Fsp3) is 0.231. The Balaban J connectivity index is 2.28. The number of aldehydes is 1. The molecule has 0 fully saturated rings. The molecule has 1 heterocycles. The van der Waals surface area contributed by atoms with Crippen LogP contribution < -0.4 is 5.32 Å². The van der Waals surface area contributed by atoms with Gasteiger partial charge in [-0.15, -0.1) is 0 Å². The average Bonchev–Trinajstić information content (AvgIpc) is 2.35. The van der Waals surface area contributed by atoms with Gasteiger partial charge < -0.3 is 10.1 Å². The SMILES string of the molecule is CN[C@H](C=O)Cc1ccc2ccccc2n1. The monoisotopic (exact) mass is 214 g/mol. The van der Waals surface area contributed by atoms with E-state index < -0.39 is 0 Å². The summed E-state index contributed by atoms with van der Waals surface area (Å²) in [6.07, 6.45) is 1.54. The van der Waals surface area contributed by atoms with Crippen LogP contribution in [-0.2, 0) is 11.2 Å². The van der Waals surface area contributed by atoms with E-state index >= 15 is 0 Å². The van der Waals surface area contributed by atoms with Crippen LogP contribution in [-0.4, -0.2) is 24.4 Å². The zero-order chi connectivity index (χ0) is 11.4. The van der Waals surface area contributed by atoms with E-state index in [1.807, 2.05) is 36.4 Å². The molecule has 82 valence electrons. The third kappa shape index (κ3) is 2.25. The highest BCUT2D eigenvalue weighted by Crippen LogP contribution is 2.12. The number of aromatic nitrogens is 1. The molecule has 0 amide bonds. The maximum Gasteiger partial charge on any atom is 0.137 e. The molecule has 1 aromatic heterocycles. The van der Waals surface area contributed by atoms with Crippen molar-refractivity contribution in [2.24, 2.45) is 0 Å². The van der Waals surface area contributed by atoms with Gasteiger partial charge in [0.05, 0.1) is 11.6 Å². The molecule has 2 rings (SSSR count). The zero-order valence-electron chi connectivity index (χ0n) is 9.18. The van der Waals surface area contributed by atoms with E-state index in [-0.39, 0.29) is 6.04 Å². The highest BCUT2D eigenvalue weighted by Gasteiger charge is 2.06. The van der Waals surface area contributed by atoms with Crippen LogP contribution in [0.5, 0.6) is 0 Å². The average molecular weight is 214 g/mol. The number of likely N-dealkylation sites (N-methyl/N-ethyl adjacent to an activating group) is 1. The Kier molecular flexibility index (Phi) is 3.27. The number of benzene rings is 1. The summed E-state index contributed by atoms with van der Waals surface area (Å²) in [4.78, 5) is 15.2. The third-order valence-corrected chi connectivity index (χ3v) is 2.62. The van der Waals surface area contributed by atoms with E-state index in [2.05, 4.69) is 10.3 Å². The number of carbonyl (C=O) groups excluding carboxylic acids is 1. The van der Waals surface area contributed by atoms with Gasteiger partial charge in [-0.1, -0.05) is 24.3 Å². The number of rotatable bonds is 4. The van der Waals surface area contributed by atoms with Crippen molar-refractivity contribution in [1.82, 2.24) is 10.3 Å². The normalized spacial score (nSPS) is 12.6. The molecule has 16 heavy (non-hydrogen) atoms. The number of pyridine rings is 1. The van der Waals surface area contributed by atoms with Crippen molar-refractivity contribution in [3.05, 3.63) is 42.1 Å². The molecule has 1 N–H and O–H groups in total. The predicted molar refractivity (Wildman–Crippen MR) is 64.4 cm³/mol. The Morgan fingerprint density at radius 1 is 1.31 bits per heavy atom. The number of nitrogens with zero attached hydrogens (tertiary/aromatic N) is 1. The molecular weight excluding hydrogens is 200 g/mol. The van der Waals surface area contributed by atoms with Gasteiger partial charge in [0.1, 0.15) is 6.29 Å². The molecular formula is C13H14N2O. The minimum absolute atomic E-state index is 0.159. The molecule has 3 nitrogen and oxygen atoms in total. The van der Waals surface area contributed by atoms with Gasteiger partial charge in [0.15, 0.2) is 0 Å². The van der Waals surface area contributed by atoms with Crippen molar-refractivity contribution in [2.75, 3.05) is 7.05 Å². The molecule has 0 radical (unpaired) electrons. The largest absolute Gasteiger partial charge is 0.310 e. The standard InChI is InChI=1S/C13H14N2O/c1-14-12(9-16)8-11-7-6-10-4-2-3-5-13(10)15-11/h2-7,9,12,14H,8H2,1H3/t12-/m0/s1. The Morgan fingerprint density at radius 2 is 2.12 bits per heavy atom. The maximum absolute atomic E-state index is 10.7. The van der Waals surface area contributed by atoms with Crippen LogP contribution in [0.1, 0.15) is 5.69 Å². The van der Waals surface area contributed by atoms with Crippen molar-refractivity contribution >= 4 is 17.2 Å². The summed E-state index contributed by atoms with van der Waals surface area (Å²) in [5.74, 6) is 0. The number of hydrogen-bond acceptors (Lipinski definition) is 3. The molecule has 0 saturated heterocycles. The van der Waals surface area contributed by atoms with E-state index in [1.54, 1.807) is 7.05 Å². The quantitative estimate of drug-likeness (QED) is 0.785. The van der Waals surface area contributed by atoms with Gasteiger partial charge in [-0.2, -0.15) is 0 Å². The fourth-order valence-corrected chi connectivity index (χ4v) is 1.67. The first-order chi connectivity index (χ1) is 7.83. The summed E-state index contributed by atoms with van der Waals surface area (Å²) in [7, 11) is 1.78. The van der Waals surface area contributed by atoms with Crippen LogP contribution in [0.2, 0.25) is 0 Å². The highest BCUT2D eigenvalue weighted by atomic mass is 16.1. The van der Waals surface area contributed by atoms with E-state index in [4.69, 9.17) is 0 Å². The van der Waals surface area contributed by atoms with Gasteiger partial charge in [0.25, 0.3) is 0 Å². The second-order valence-corrected chi connectivity index (χ2v) is 3.73. The van der Waals surface area contributed by atoms with Crippen LogP contribution in [0.4, 0.5) is 0 Å². The van der Waals surface area contributed by atoms with Crippen molar-refractivity contribution in [3.63, 3.8) is 0 Å². The lowest BCUT2D eigenvalue weighted by molar-refractivity contribution is -0.109. The van der Waals surface area contributed by atoms with Crippen LogP contribution in [0.15, 0.2) is 36.4 Å². The van der Waals surface area contributed by atoms with Gasteiger partial charge in [0.2, 0.25) is 0 Å². The van der Waals surface area contributed by atoms with Crippen LogP contribution in [0.25, 0.3) is 10.9 Å². The van der Waals surface area contributed by atoms with E-state index in [0.717, 1.165) is 22.9 Å².